The normalized spacial score (nSPS) is 11.4. The van der Waals surface area contributed by atoms with Gasteiger partial charge >= 0.3 is 0 Å². The van der Waals surface area contributed by atoms with Gasteiger partial charge in [0.05, 0.1) is 6.20 Å². The minimum atomic E-state index is -0.379. The van der Waals surface area contributed by atoms with Crippen LogP contribution in [0.5, 0.6) is 0 Å². The zero-order valence-corrected chi connectivity index (χ0v) is 8.61. The Hall–Kier alpha value is -1.43. The molecule has 0 spiro atoms. The third-order valence-corrected chi connectivity index (χ3v) is 2.35. The van der Waals surface area contributed by atoms with E-state index in [9.17, 15) is 4.79 Å². The molecule has 0 aliphatic rings. The van der Waals surface area contributed by atoms with Gasteiger partial charge in [-0.25, -0.2) is 0 Å². The highest BCUT2D eigenvalue weighted by Crippen LogP contribution is 2.12. The lowest BCUT2D eigenvalue weighted by Gasteiger charge is -2.33. The van der Waals surface area contributed by atoms with E-state index in [0.29, 0.717) is 12.2 Å². The molecule has 0 atom stereocenters. The molecule has 0 unspecified atom stereocenters. The summed E-state index contributed by atoms with van der Waals surface area (Å²) in [6.45, 7) is 4.18. The lowest BCUT2D eigenvalue weighted by Crippen LogP contribution is -2.50. The van der Waals surface area contributed by atoms with E-state index < -0.39 is 0 Å². The van der Waals surface area contributed by atoms with Gasteiger partial charge in [-0.2, -0.15) is 15.4 Å². The number of H-pyrrole nitrogens is 1. The highest BCUT2D eigenvalue weighted by Gasteiger charge is 2.27. The molecule has 1 amide bonds. The van der Waals surface area contributed by atoms with Crippen molar-refractivity contribution >= 4 is 5.91 Å². The SMILES string of the molecule is CN(C(=O)c1cn[nH]n1)C(C)(C)CN. The fourth-order valence-corrected chi connectivity index (χ4v) is 0.888. The molecule has 1 aromatic rings. The summed E-state index contributed by atoms with van der Waals surface area (Å²) < 4.78 is 0. The van der Waals surface area contributed by atoms with E-state index >= 15 is 0 Å². The van der Waals surface area contributed by atoms with Crippen molar-refractivity contribution in [1.82, 2.24) is 20.3 Å². The lowest BCUT2D eigenvalue weighted by atomic mass is 10.0. The van der Waals surface area contributed by atoms with Gasteiger partial charge in [0.15, 0.2) is 5.69 Å². The number of carbonyl (C=O) groups excluding carboxylic acids is 1. The second-order valence-corrected chi connectivity index (χ2v) is 3.74. The maximum absolute atomic E-state index is 11.8. The number of rotatable bonds is 3. The summed E-state index contributed by atoms with van der Waals surface area (Å²) in [6.07, 6.45) is 1.39. The van der Waals surface area contributed by atoms with Crippen LogP contribution in [0.2, 0.25) is 0 Å². The van der Waals surface area contributed by atoms with E-state index in [0.717, 1.165) is 0 Å². The Kier molecular flexibility index (Phi) is 2.85. The second kappa shape index (κ2) is 3.75. The number of likely N-dealkylation sites (N-methyl/N-ethyl adjacent to an activating group) is 1. The third-order valence-electron chi connectivity index (χ3n) is 2.35. The van der Waals surface area contributed by atoms with Crippen LogP contribution in [-0.2, 0) is 0 Å². The largest absolute Gasteiger partial charge is 0.334 e. The van der Waals surface area contributed by atoms with Crippen LogP contribution in [0.25, 0.3) is 0 Å². The fraction of sp³-hybridized carbons (Fsp3) is 0.625. The number of carbonyl (C=O) groups is 1. The van der Waals surface area contributed by atoms with Crippen molar-refractivity contribution in [2.75, 3.05) is 13.6 Å². The first-order valence-corrected chi connectivity index (χ1v) is 4.33. The van der Waals surface area contributed by atoms with Crippen molar-refractivity contribution in [3.8, 4) is 0 Å². The number of aromatic nitrogens is 3. The van der Waals surface area contributed by atoms with E-state index in [-0.39, 0.29) is 11.4 Å². The van der Waals surface area contributed by atoms with Crippen LogP contribution in [0.15, 0.2) is 6.20 Å². The molecule has 14 heavy (non-hydrogen) atoms. The third kappa shape index (κ3) is 1.90. The maximum atomic E-state index is 11.8. The second-order valence-electron chi connectivity index (χ2n) is 3.74. The minimum absolute atomic E-state index is 0.186. The van der Waals surface area contributed by atoms with Gasteiger partial charge in [0, 0.05) is 19.1 Å². The Morgan fingerprint density at radius 2 is 2.36 bits per heavy atom. The lowest BCUT2D eigenvalue weighted by molar-refractivity contribution is 0.0634. The number of amides is 1. The Morgan fingerprint density at radius 3 is 2.79 bits per heavy atom. The van der Waals surface area contributed by atoms with Crippen LogP contribution in [0.1, 0.15) is 24.3 Å². The monoisotopic (exact) mass is 197 g/mol. The molecular weight excluding hydrogens is 182 g/mol. The van der Waals surface area contributed by atoms with Gasteiger partial charge in [0.25, 0.3) is 5.91 Å². The molecule has 1 heterocycles. The van der Waals surface area contributed by atoms with Crippen molar-refractivity contribution in [2.24, 2.45) is 5.73 Å². The van der Waals surface area contributed by atoms with E-state index in [1.165, 1.54) is 6.20 Å². The van der Waals surface area contributed by atoms with Crippen LogP contribution in [0.3, 0.4) is 0 Å². The fourth-order valence-electron chi connectivity index (χ4n) is 0.888. The molecule has 0 saturated heterocycles. The van der Waals surface area contributed by atoms with Crippen LogP contribution in [0, 0.1) is 0 Å². The highest BCUT2D eigenvalue weighted by molar-refractivity contribution is 5.92. The number of aromatic amines is 1. The molecule has 6 nitrogen and oxygen atoms in total. The van der Waals surface area contributed by atoms with Crippen LogP contribution < -0.4 is 5.73 Å². The van der Waals surface area contributed by atoms with Crippen molar-refractivity contribution in [2.45, 2.75) is 19.4 Å². The van der Waals surface area contributed by atoms with E-state index in [1.54, 1.807) is 11.9 Å². The summed E-state index contributed by atoms with van der Waals surface area (Å²) in [7, 11) is 1.70. The summed E-state index contributed by atoms with van der Waals surface area (Å²) in [5.74, 6) is -0.186. The van der Waals surface area contributed by atoms with Crippen molar-refractivity contribution in [3.05, 3.63) is 11.9 Å². The molecule has 0 saturated carbocycles. The molecule has 0 aromatic carbocycles. The number of nitrogens with one attached hydrogen (secondary N) is 1. The number of nitrogens with two attached hydrogens (primary N) is 1. The summed E-state index contributed by atoms with van der Waals surface area (Å²) in [4.78, 5) is 13.3. The van der Waals surface area contributed by atoms with Crippen molar-refractivity contribution in [1.29, 1.82) is 0 Å². The van der Waals surface area contributed by atoms with Gasteiger partial charge in [0.1, 0.15) is 0 Å². The van der Waals surface area contributed by atoms with E-state index in [2.05, 4.69) is 15.4 Å². The Balaban J connectivity index is 2.81. The van der Waals surface area contributed by atoms with Crippen LogP contribution in [0.4, 0.5) is 0 Å². The average Bonchev–Trinajstić information content (AvgIpc) is 2.68. The van der Waals surface area contributed by atoms with Gasteiger partial charge in [-0.3, -0.25) is 4.79 Å². The zero-order valence-electron chi connectivity index (χ0n) is 8.61. The molecule has 0 radical (unpaired) electrons. The molecule has 6 heteroatoms. The standard InChI is InChI=1S/C8H15N5O/c1-8(2,5-9)13(3)7(14)6-4-10-12-11-6/h4H,5,9H2,1-3H3,(H,10,11,12). The first-order chi connectivity index (χ1) is 6.49. The topological polar surface area (TPSA) is 87.9 Å². The summed E-state index contributed by atoms with van der Waals surface area (Å²) >= 11 is 0. The molecule has 1 aromatic heterocycles. The van der Waals surface area contributed by atoms with Crippen molar-refractivity contribution < 1.29 is 4.79 Å². The van der Waals surface area contributed by atoms with E-state index in [1.807, 2.05) is 13.8 Å². The highest BCUT2D eigenvalue weighted by atomic mass is 16.2. The molecule has 1 rings (SSSR count). The van der Waals surface area contributed by atoms with Crippen LogP contribution in [-0.4, -0.2) is 45.3 Å². The molecule has 0 aliphatic heterocycles. The average molecular weight is 197 g/mol. The minimum Gasteiger partial charge on any atom is -0.334 e. The molecule has 78 valence electrons. The molecule has 0 fully saturated rings. The van der Waals surface area contributed by atoms with Gasteiger partial charge < -0.3 is 10.6 Å². The van der Waals surface area contributed by atoms with Gasteiger partial charge in [0.2, 0.25) is 0 Å². The molecule has 0 bridgehead atoms. The summed E-state index contributed by atoms with van der Waals surface area (Å²) in [6, 6.07) is 0. The number of nitrogens with zero attached hydrogens (tertiary/aromatic N) is 3. The van der Waals surface area contributed by atoms with Gasteiger partial charge in [-0.15, -0.1) is 0 Å². The predicted octanol–water partition coefficient (Wildman–Crippen LogP) is -0.386. The smallest absolute Gasteiger partial charge is 0.276 e. The summed E-state index contributed by atoms with van der Waals surface area (Å²) in [5.41, 5.74) is 5.48. The molecule has 3 N–H and O–H groups in total. The maximum Gasteiger partial charge on any atom is 0.276 e. The summed E-state index contributed by atoms with van der Waals surface area (Å²) in [5, 5.41) is 9.69. The van der Waals surface area contributed by atoms with Gasteiger partial charge in [-0.05, 0) is 13.8 Å². The number of hydrogen-bond acceptors (Lipinski definition) is 4. The Labute approximate surface area is 82.5 Å². The number of hydrogen-bond donors (Lipinski definition) is 2. The molecule has 0 aliphatic carbocycles. The van der Waals surface area contributed by atoms with Gasteiger partial charge in [-0.1, -0.05) is 0 Å². The zero-order chi connectivity index (χ0) is 10.8. The van der Waals surface area contributed by atoms with Crippen molar-refractivity contribution in [3.63, 3.8) is 0 Å². The Morgan fingerprint density at radius 1 is 1.71 bits per heavy atom. The first-order valence-electron chi connectivity index (χ1n) is 4.33. The quantitative estimate of drug-likeness (QED) is 0.691. The first kappa shape index (κ1) is 10.6. The van der Waals surface area contributed by atoms with Crippen LogP contribution >= 0.6 is 0 Å². The van der Waals surface area contributed by atoms with E-state index in [4.69, 9.17) is 5.73 Å². The predicted molar refractivity (Wildman–Crippen MR) is 51.6 cm³/mol. The Bertz CT molecular complexity index is 306. The molecular formula is C8H15N5O.